The van der Waals surface area contributed by atoms with Crippen LogP contribution in [0.25, 0.3) is 17.5 Å². The molecule has 2 aromatic rings. The highest BCUT2D eigenvalue weighted by Gasteiger charge is 2.07. The van der Waals surface area contributed by atoms with Crippen molar-refractivity contribution in [2.45, 2.75) is 0 Å². The highest BCUT2D eigenvalue weighted by molar-refractivity contribution is 9.10. The van der Waals surface area contributed by atoms with Crippen molar-refractivity contribution in [1.82, 2.24) is 15.2 Å². The van der Waals surface area contributed by atoms with Crippen LogP contribution in [0.3, 0.4) is 0 Å². The summed E-state index contributed by atoms with van der Waals surface area (Å²) >= 11 is 3.27. The van der Waals surface area contributed by atoms with Crippen molar-refractivity contribution in [3.63, 3.8) is 0 Å². The Morgan fingerprint density at radius 1 is 1.41 bits per heavy atom. The van der Waals surface area contributed by atoms with Gasteiger partial charge in [-0.1, -0.05) is 0 Å². The molecule has 7 heteroatoms. The number of pyridine rings is 1. The zero-order valence-electron chi connectivity index (χ0n) is 8.37. The van der Waals surface area contributed by atoms with Crippen LogP contribution in [0, 0.1) is 0 Å². The predicted molar refractivity (Wildman–Crippen MR) is 61.9 cm³/mol. The largest absolute Gasteiger partial charge is 0.478 e. The first-order valence-corrected chi connectivity index (χ1v) is 5.30. The van der Waals surface area contributed by atoms with E-state index in [0.29, 0.717) is 5.56 Å². The van der Waals surface area contributed by atoms with Crippen LogP contribution < -0.4 is 0 Å². The summed E-state index contributed by atoms with van der Waals surface area (Å²) in [5.41, 5.74) is 0.654. The number of carboxylic acids is 1. The molecule has 2 aromatic heterocycles. The molecule has 0 aliphatic heterocycles. The van der Waals surface area contributed by atoms with Crippen LogP contribution in [0.2, 0.25) is 0 Å². The van der Waals surface area contributed by atoms with E-state index in [1.807, 2.05) is 0 Å². The number of nitrogens with zero attached hydrogens (tertiary/aromatic N) is 3. The van der Waals surface area contributed by atoms with Crippen molar-refractivity contribution >= 4 is 28.0 Å². The SMILES string of the molecule is O=C(O)/C=C/c1nnc(-c2cncc(Br)c2)o1. The van der Waals surface area contributed by atoms with Gasteiger partial charge in [-0.2, -0.15) is 0 Å². The van der Waals surface area contributed by atoms with Crippen molar-refractivity contribution in [2.75, 3.05) is 0 Å². The second-order valence-electron chi connectivity index (χ2n) is 3.01. The fraction of sp³-hybridized carbons (Fsp3) is 0. The Balaban J connectivity index is 2.27. The number of aromatic nitrogens is 3. The van der Waals surface area contributed by atoms with E-state index in [9.17, 15) is 4.79 Å². The van der Waals surface area contributed by atoms with Crippen LogP contribution >= 0.6 is 15.9 Å². The minimum absolute atomic E-state index is 0.127. The number of carbonyl (C=O) groups is 1. The number of aliphatic carboxylic acids is 1. The van der Waals surface area contributed by atoms with Gasteiger partial charge in [-0.3, -0.25) is 4.98 Å². The molecule has 0 aliphatic carbocycles. The highest BCUT2D eigenvalue weighted by Crippen LogP contribution is 2.20. The maximum absolute atomic E-state index is 10.3. The fourth-order valence-electron chi connectivity index (χ4n) is 1.09. The Bertz CT molecular complexity index is 580. The van der Waals surface area contributed by atoms with Gasteiger partial charge >= 0.3 is 5.97 Å². The van der Waals surface area contributed by atoms with Crippen LogP contribution in [-0.2, 0) is 4.79 Å². The lowest BCUT2D eigenvalue weighted by atomic mass is 10.3. The van der Waals surface area contributed by atoms with Crippen LogP contribution in [-0.4, -0.2) is 26.3 Å². The quantitative estimate of drug-likeness (QED) is 0.871. The summed E-state index contributed by atoms with van der Waals surface area (Å²) in [5, 5.41) is 15.9. The first-order chi connectivity index (χ1) is 8.15. The maximum Gasteiger partial charge on any atom is 0.328 e. The minimum atomic E-state index is -1.08. The summed E-state index contributed by atoms with van der Waals surface area (Å²) in [6.45, 7) is 0. The second kappa shape index (κ2) is 4.88. The standard InChI is InChI=1S/C10H6BrN3O3/c11-7-3-6(4-12-5-7)10-14-13-8(17-10)1-2-9(15)16/h1-5H,(H,15,16)/b2-1+. The molecule has 0 spiro atoms. The summed E-state index contributed by atoms with van der Waals surface area (Å²) in [5.74, 6) is -0.667. The Kier molecular flexibility index (Phi) is 3.29. The summed E-state index contributed by atoms with van der Waals surface area (Å²) in [7, 11) is 0. The molecule has 86 valence electrons. The van der Waals surface area contributed by atoms with Gasteiger partial charge in [0.2, 0.25) is 11.8 Å². The molecule has 1 N–H and O–H groups in total. The topological polar surface area (TPSA) is 89.1 Å². The molecule has 17 heavy (non-hydrogen) atoms. The molecule has 0 aliphatic rings. The van der Waals surface area contributed by atoms with Crippen LogP contribution in [0.1, 0.15) is 5.89 Å². The zero-order valence-corrected chi connectivity index (χ0v) is 9.96. The van der Waals surface area contributed by atoms with Crippen molar-refractivity contribution < 1.29 is 14.3 Å². The van der Waals surface area contributed by atoms with Gasteiger partial charge in [0.15, 0.2) is 0 Å². The van der Waals surface area contributed by atoms with Crippen molar-refractivity contribution in [3.05, 3.63) is 34.9 Å². The van der Waals surface area contributed by atoms with Gasteiger partial charge in [-0.25, -0.2) is 4.79 Å². The maximum atomic E-state index is 10.3. The van der Waals surface area contributed by atoms with E-state index < -0.39 is 5.97 Å². The molecule has 6 nitrogen and oxygen atoms in total. The Morgan fingerprint density at radius 3 is 2.94 bits per heavy atom. The monoisotopic (exact) mass is 295 g/mol. The molecule has 0 unspecified atom stereocenters. The third-order valence-corrected chi connectivity index (χ3v) is 2.19. The van der Waals surface area contributed by atoms with E-state index in [1.54, 1.807) is 18.5 Å². The molecular formula is C10H6BrN3O3. The normalized spacial score (nSPS) is 10.9. The smallest absolute Gasteiger partial charge is 0.328 e. The average molecular weight is 296 g/mol. The lowest BCUT2D eigenvalue weighted by Crippen LogP contribution is -1.85. The lowest BCUT2D eigenvalue weighted by Gasteiger charge is -1.93. The van der Waals surface area contributed by atoms with Gasteiger partial charge in [-0.05, 0) is 22.0 Å². The Labute approximate surface area is 104 Å². The lowest BCUT2D eigenvalue weighted by molar-refractivity contribution is -0.131. The molecule has 0 bridgehead atoms. The molecule has 0 amide bonds. The number of halogens is 1. The molecule has 0 saturated heterocycles. The van der Waals surface area contributed by atoms with E-state index in [0.717, 1.165) is 10.5 Å². The number of rotatable bonds is 3. The number of hydrogen-bond donors (Lipinski definition) is 1. The minimum Gasteiger partial charge on any atom is -0.478 e. The van der Waals surface area contributed by atoms with E-state index in [2.05, 4.69) is 31.1 Å². The van der Waals surface area contributed by atoms with E-state index in [4.69, 9.17) is 9.52 Å². The molecule has 0 radical (unpaired) electrons. The molecule has 0 aromatic carbocycles. The zero-order chi connectivity index (χ0) is 12.3. The molecule has 0 saturated carbocycles. The van der Waals surface area contributed by atoms with Crippen LogP contribution in [0.5, 0.6) is 0 Å². The van der Waals surface area contributed by atoms with E-state index in [-0.39, 0.29) is 11.8 Å². The van der Waals surface area contributed by atoms with Gasteiger partial charge < -0.3 is 9.52 Å². The third-order valence-electron chi connectivity index (χ3n) is 1.76. The molecular weight excluding hydrogens is 290 g/mol. The van der Waals surface area contributed by atoms with E-state index in [1.165, 1.54) is 6.08 Å². The van der Waals surface area contributed by atoms with Gasteiger partial charge in [0.05, 0.1) is 5.56 Å². The molecule has 0 fully saturated rings. The van der Waals surface area contributed by atoms with E-state index >= 15 is 0 Å². The summed E-state index contributed by atoms with van der Waals surface area (Å²) in [6.07, 6.45) is 5.36. The fourth-order valence-corrected chi connectivity index (χ4v) is 1.45. The highest BCUT2D eigenvalue weighted by atomic mass is 79.9. The number of carboxylic acid groups (broad SMARTS) is 1. The summed E-state index contributed by atoms with van der Waals surface area (Å²) in [6, 6.07) is 1.77. The van der Waals surface area contributed by atoms with Crippen molar-refractivity contribution in [1.29, 1.82) is 0 Å². The molecule has 2 heterocycles. The molecule has 0 atom stereocenters. The van der Waals surface area contributed by atoms with Crippen LogP contribution in [0.4, 0.5) is 0 Å². The summed E-state index contributed by atoms with van der Waals surface area (Å²) in [4.78, 5) is 14.3. The second-order valence-corrected chi connectivity index (χ2v) is 3.92. The van der Waals surface area contributed by atoms with Crippen molar-refractivity contribution in [3.8, 4) is 11.5 Å². The number of hydrogen-bond acceptors (Lipinski definition) is 5. The third kappa shape index (κ3) is 2.97. The first kappa shape index (κ1) is 11.5. The van der Waals surface area contributed by atoms with Gasteiger partial charge in [-0.15, -0.1) is 10.2 Å². The van der Waals surface area contributed by atoms with Gasteiger partial charge in [0, 0.05) is 29.0 Å². The summed E-state index contributed by atoms with van der Waals surface area (Å²) < 4.78 is 6.03. The van der Waals surface area contributed by atoms with Gasteiger partial charge in [0.25, 0.3) is 0 Å². The van der Waals surface area contributed by atoms with Crippen molar-refractivity contribution in [2.24, 2.45) is 0 Å². The Morgan fingerprint density at radius 2 is 2.24 bits per heavy atom. The van der Waals surface area contributed by atoms with Gasteiger partial charge in [0.1, 0.15) is 0 Å². The predicted octanol–water partition coefficient (Wildman–Crippen LogP) is 1.99. The molecule has 2 rings (SSSR count). The van der Waals surface area contributed by atoms with Crippen LogP contribution in [0.15, 0.2) is 33.4 Å². The Hall–Kier alpha value is -2.02. The first-order valence-electron chi connectivity index (χ1n) is 4.50. The average Bonchev–Trinajstić information content (AvgIpc) is 2.75.